The first-order valence-corrected chi connectivity index (χ1v) is 9.14. The molecule has 1 fully saturated rings. The van der Waals surface area contributed by atoms with Gasteiger partial charge in [-0.1, -0.05) is 18.5 Å². The molecule has 0 amide bonds. The quantitative estimate of drug-likeness (QED) is 0.909. The van der Waals surface area contributed by atoms with Crippen LogP contribution in [0.3, 0.4) is 0 Å². The van der Waals surface area contributed by atoms with Crippen molar-refractivity contribution in [2.75, 3.05) is 18.6 Å². The number of halogens is 1. The van der Waals surface area contributed by atoms with Gasteiger partial charge >= 0.3 is 0 Å². The second kappa shape index (κ2) is 6.71. The first kappa shape index (κ1) is 14.1. The number of likely N-dealkylation sites (N-methyl/N-ethyl adjacent to an activating group) is 1. The van der Waals surface area contributed by atoms with Crippen LogP contribution in [0.15, 0.2) is 12.1 Å². The molecule has 3 atom stereocenters. The van der Waals surface area contributed by atoms with Gasteiger partial charge in [-0.2, -0.15) is 23.5 Å². The Balaban J connectivity index is 2.00. The minimum absolute atomic E-state index is 0.553. The predicted molar refractivity (Wildman–Crippen MR) is 84.0 cm³/mol. The van der Waals surface area contributed by atoms with Gasteiger partial charge in [0.2, 0.25) is 0 Å². The number of nitrogens with one attached hydrogen (secondary N) is 1. The van der Waals surface area contributed by atoms with Crippen molar-refractivity contribution in [3.63, 3.8) is 0 Å². The van der Waals surface area contributed by atoms with Gasteiger partial charge in [-0.05, 0) is 25.6 Å². The molecule has 0 aromatic carbocycles. The Morgan fingerprint density at radius 1 is 1.41 bits per heavy atom. The maximum absolute atomic E-state index is 5.99. The molecule has 1 nitrogen and oxygen atoms in total. The average Bonchev–Trinajstić information content (AvgIpc) is 2.73. The van der Waals surface area contributed by atoms with Gasteiger partial charge in [-0.3, -0.25) is 0 Å². The number of thioether (sulfide) groups is 2. The van der Waals surface area contributed by atoms with Crippen molar-refractivity contribution in [3.8, 4) is 0 Å². The molecule has 1 aromatic heterocycles. The molecule has 0 bridgehead atoms. The van der Waals surface area contributed by atoms with Crippen LogP contribution in [0, 0.1) is 0 Å². The zero-order valence-electron chi connectivity index (χ0n) is 10.1. The second-order valence-electron chi connectivity index (χ2n) is 4.22. The summed E-state index contributed by atoms with van der Waals surface area (Å²) in [5, 5.41) is 4.93. The van der Waals surface area contributed by atoms with E-state index in [0.717, 1.165) is 16.0 Å². The van der Waals surface area contributed by atoms with E-state index in [0.29, 0.717) is 11.3 Å². The lowest BCUT2D eigenvalue weighted by atomic mass is 10.1. The van der Waals surface area contributed by atoms with Crippen molar-refractivity contribution in [3.05, 3.63) is 21.3 Å². The van der Waals surface area contributed by atoms with Gasteiger partial charge in [0.05, 0.1) is 4.34 Å². The molecule has 1 N–H and O–H groups in total. The van der Waals surface area contributed by atoms with Crippen LogP contribution in [0.2, 0.25) is 4.34 Å². The zero-order valence-corrected chi connectivity index (χ0v) is 13.3. The predicted octanol–water partition coefficient (Wildman–Crippen LogP) is 3.77. The van der Waals surface area contributed by atoms with Crippen molar-refractivity contribution in [2.24, 2.45) is 0 Å². The summed E-state index contributed by atoms with van der Waals surface area (Å²) in [6, 6.07) is 4.71. The minimum atomic E-state index is 0.553. The third-order valence-electron chi connectivity index (χ3n) is 3.05. The van der Waals surface area contributed by atoms with Crippen molar-refractivity contribution in [1.82, 2.24) is 5.32 Å². The summed E-state index contributed by atoms with van der Waals surface area (Å²) < 4.78 is 0.897. The molecule has 2 rings (SSSR count). The number of rotatable bonds is 4. The highest BCUT2D eigenvalue weighted by molar-refractivity contribution is 8.07. The number of hydrogen-bond donors (Lipinski definition) is 1. The Morgan fingerprint density at radius 2 is 2.18 bits per heavy atom. The zero-order chi connectivity index (χ0) is 12.3. The molecule has 1 aliphatic heterocycles. The lowest BCUT2D eigenvalue weighted by molar-refractivity contribution is 0.534. The third kappa shape index (κ3) is 3.80. The molecular formula is C12H18ClNS3. The third-order valence-corrected chi connectivity index (χ3v) is 7.56. The van der Waals surface area contributed by atoms with Crippen molar-refractivity contribution < 1.29 is 0 Å². The van der Waals surface area contributed by atoms with Crippen LogP contribution in [0.4, 0.5) is 0 Å². The maximum atomic E-state index is 5.99. The van der Waals surface area contributed by atoms with Crippen LogP contribution in [-0.2, 0) is 6.42 Å². The molecule has 1 saturated heterocycles. The second-order valence-corrected chi connectivity index (χ2v) is 8.79. The topological polar surface area (TPSA) is 12.0 Å². The molecule has 17 heavy (non-hydrogen) atoms. The van der Waals surface area contributed by atoms with Crippen LogP contribution < -0.4 is 5.32 Å². The molecule has 1 aromatic rings. The first-order valence-electron chi connectivity index (χ1n) is 5.85. The smallest absolute Gasteiger partial charge is 0.0931 e. The minimum Gasteiger partial charge on any atom is -0.315 e. The van der Waals surface area contributed by atoms with Crippen LogP contribution in [0.25, 0.3) is 0 Å². The molecular weight excluding hydrogens is 290 g/mol. The molecule has 1 aliphatic rings. The monoisotopic (exact) mass is 307 g/mol. The Hall–Kier alpha value is 0.650. The van der Waals surface area contributed by atoms with Crippen molar-refractivity contribution in [2.45, 2.75) is 29.9 Å². The highest BCUT2D eigenvalue weighted by Gasteiger charge is 2.29. The summed E-state index contributed by atoms with van der Waals surface area (Å²) in [6.07, 6.45) is 1.09. The summed E-state index contributed by atoms with van der Waals surface area (Å²) in [4.78, 5) is 1.39. The fourth-order valence-electron chi connectivity index (χ4n) is 2.15. The molecule has 0 aliphatic carbocycles. The molecule has 96 valence electrons. The Labute approximate surface area is 121 Å². The van der Waals surface area contributed by atoms with Crippen LogP contribution >= 0.6 is 46.5 Å². The summed E-state index contributed by atoms with van der Waals surface area (Å²) in [5.74, 6) is 2.58. The van der Waals surface area contributed by atoms with Gasteiger partial charge < -0.3 is 5.32 Å². The van der Waals surface area contributed by atoms with Crippen LogP contribution in [-0.4, -0.2) is 35.1 Å². The van der Waals surface area contributed by atoms with E-state index in [2.05, 4.69) is 48.9 Å². The van der Waals surface area contributed by atoms with Crippen molar-refractivity contribution in [1.29, 1.82) is 0 Å². The van der Waals surface area contributed by atoms with E-state index in [4.69, 9.17) is 11.6 Å². The SMILES string of the molecule is CNC(Cc1ccc(Cl)s1)C1SCCSC1C. The Morgan fingerprint density at radius 3 is 2.76 bits per heavy atom. The standard InChI is InChI=1S/C12H18ClNS3/c1-8-12(16-6-5-15-8)10(14-2)7-9-3-4-11(13)17-9/h3-4,8,10,12,14H,5-7H2,1-2H3. The Bertz CT molecular complexity index is 355. The van der Waals surface area contributed by atoms with Gasteiger partial charge in [0.1, 0.15) is 0 Å². The van der Waals surface area contributed by atoms with E-state index >= 15 is 0 Å². The maximum Gasteiger partial charge on any atom is 0.0931 e. The summed E-state index contributed by atoms with van der Waals surface area (Å²) in [7, 11) is 2.08. The van der Waals surface area contributed by atoms with E-state index in [-0.39, 0.29) is 0 Å². The number of thiophene rings is 1. The lowest BCUT2D eigenvalue weighted by Crippen LogP contribution is -2.44. The fourth-order valence-corrected chi connectivity index (χ4v) is 6.30. The fraction of sp³-hybridized carbons (Fsp3) is 0.667. The van der Waals surface area contributed by atoms with E-state index in [1.54, 1.807) is 11.3 Å². The Kier molecular flexibility index (Phi) is 5.55. The largest absolute Gasteiger partial charge is 0.315 e. The van der Waals surface area contributed by atoms with Gasteiger partial charge in [0.25, 0.3) is 0 Å². The van der Waals surface area contributed by atoms with Gasteiger partial charge in [0, 0.05) is 32.9 Å². The van der Waals surface area contributed by atoms with Crippen LogP contribution in [0.5, 0.6) is 0 Å². The molecule has 5 heteroatoms. The van der Waals surface area contributed by atoms with Gasteiger partial charge in [0.15, 0.2) is 0 Å². The normalized spacial score (nSPS) is 27.0. The summed E-state index contributed by atoms with van der Waals surface area (Å²) >= 11 is 11.9. The first-order chi connectivity index (χ1) is 8.20. The van der Waals surface area contributed by atoms with Crippen molar-refractivity contribution >= 4 is 46.5 Å². The molecule has 3 unspecified atom stereocenters. The molecule has 0 spiro atoms. The number of hydrogen-bond acceptors (Lipinski definition) is 4. The summed E-state index contributed by atoms with van der Waals surface area (Å²) in [5.41, 5.74) is 0. The van der Waals surface area contributed by atoms with Gasteiger partial charge in [-0.15, -0.1) is 11.3 Å². The molecule has 0 saturated carbocycles. The van der Waals surface area contributed by atoms with E-state index in [9.17, 15) is 0 Å². The van der Waals surface area contributed by atoms with Gasteiger partial charge in [-0.25, -0.2) is 0 Å². The molecule has 0 radical (unpaired) electrons. The van der Waals surface area contributed by atoms with Crippen LogP contribution in [0.1, 0.15) is 11.8 Å². The van der Waals surface area contributed by atoms with E-state index < -0.39 is 0 Å². The summed E-state index contributed by atoms with van der Waals surface area (Å²) in [6.45, 7) is 2.35. The van der Waals surface area contributed by atoms with E-state index in [1.807, 2.05) is 6.07 Å². The molecule has 2 heterocycles. The lowest BCUT2D eigenvalue weighted by Gasteiger charge is -2.34. The highest BCUT2D eigenvalue weighted by Crippen LogP contribution is 2.34. The highest BCUT2D eigenvalue weighted by atomic mass is 35.5. The average molecular weight is 308 g/mol. The van der Waals surface area contributed by atoms with E-state index in [1.165, 1.54) is 16.4 Å².